The third-order valence-electron chi connectivity index (χ3n) is 2.14. The second-order valence-electron chi connectivity index (χ2n) is 3.37. The van der Waals surface area contributed by atoms with Crippen LogP contribution in [0.25, 0.3) is 0 Å². The van der Waals surface area contributed by atoms with E-state index in [1.807, 2.05) is 12.1 Å². The smallest absolute Gasteiger partial charge is 0.169 e. The molecule has 0 aliphatic carbocycles. The molecule has 4 nitrogen and oxygen atoms in total. The van der Waals surface area contributed by atoms with Crippen LogP contribution >= 0.6 is 23.2 Å². The van der Waals surface area contributed by atoms with E-state index >= 15 is 0 Å². The van der Waals surface area contributed by atoms with Gasteiger partial charge in [0.25, 0.3) is 0 Å². The number of halogens is 2. The summed E-state index contributed by atoms with van der Waals surface area (Å²) in [5.41, 5.74) is 0. The molecule has 0 aliphatic rings. The fourth-order valence-corrected chi connectivity index (χ4v) is 1.84. The Bertz CT molecular complexity index is 529. The molecule has 0 saturated carbocycles. The van der Waals surface area contributed by atoms with E-state index in [0.717, 1.165) is 0 Å². The number of methoxy groups -OCH3 is 1. The zero-order valence-corrected chi connectivity index (χ0v) is 11.1. The van der Waals surface area contributed by atoms with Crippen molar-refractivity contribution >= 4 is 23.2 Å². The largest absolute Gasteiger partial charge is 0.493 e. The molecule has 1 heterocycles. The zero-order chi connectivity index (χ0) is 13.0. The highest BCUT2D eigenvalue weighted by Crippen LogP contribution is 2.26. The van der Waals surface area contributed by atoms with Gasteiger partial charge in [-0.3, -0.25) is 0 Å². The van der Waals surface area contributed by atoms with Crippen molar-refractivity contribution in [1.82, 2.24) is 9.97 Å². The third kappa shape index (κ3) is 3.24. The first-order valence-electron chi connectivity index (χ1n) is 5.14. The molecule has 2 rings (SSSR count). The van der Waals surface area contributed by atoms with Crippen molar-refractivity contribution in [2.24, 2.45) is 0 Å². The van der Waals surface area contributed by atoms with Crippen LogP contribution < -0.4 is 9.47 Å². The van der Waals surface area contributed by atoms with Crippen LogP contribution in [0.2, 0.25) is 10.3 Å². The second-order valence-corrected chi connectivity index (χ2v) is 4.14. The molecule has 0 aliphatic heterocycles. The van der Waals surface area contributed by atoms with Crippen LogP contribution in [0.1, 0.15) is 5.82 Å². The first-order chi connectivity index (χ1) is 8.69. The van der Waals surface area contributed by atoms with Crippen LogP contribution in [0, 0.1) is 0 Å². The van der Waals surface area contributed by atoms with Gasteiger partial charge in [0, 0.05) is 6.07 Å². The van der Waals surface area contributed by atoms with Crippen LogP contribution in [0.3, 0.4) is 0 Å². The monoisotopic (exact) mass is 284 g/mol. The van der Waals surface area contributed by atoms with E-state index in [-0.39, 0.29) is 16.9 Å². The predicted molar refractivity (Wildman–Crippen MR) is 69.4 cm³/mol. The number of hydrogen-bond donors (Lipinski definition) is 0. The van der Waals surface area contributed by atoms with Gasteiger partial charge in [0.1, 0.15) is 16.9 Å². The van der Waals surface area contributed by atoms with Gasteiger partial charge in [-0.15, -0.1) is 0 Å². The van der Waals surface area contributed by atoms with Gasteiger partial charge in [-0.25, -0.2) is 9.97 Å². The molecule has 6 heteroatoms. The Hall–Kier alpha value is -1.52. The first kappa shape index (κ1) is 12.9. The Kier molecular flexibility index (Phi) is 4.23. The van der Waals surface area contributed by atoms with E-state index in [0.29, 0.717) is 17.3 Å². The number of ether oxygens (including phenoxy) is 2. The molecule has 0 radical (unpaired) electrons. The summed E-state index contributed by atoms with van der Waals surface area (Å²) in [4.78, 5) is 8.02. The maximum atomic E-state index is 5.77. The lowest BCUT2D eigenvalue weighted by atomic mass is 10.3. The maximum absolute atomic E-state index is 5.77. The molecule has 0 N–H and O–H groups in total. The van der Waals surface area contributed by atoms with Crippen LogP contribution in [0.5, 0.6) is 11.5 Å². The number of nitrogens with zero attached hydrogens (tertiary/aromatic N) is 2. The normalized spacial score (nSPS) is 10.2. The molecule has 0 amide bonds. The van der Waals surface area contributed by atoms with Gasteiger partial charge in [-0.1, -0.05) is 35.3 Å². The molecule has 0 unspecified atom stereocenters. The van der Waals surface area contributed by atoms with Crippen LogP contribution in [-0.4, -0.2) is 17.1 Å². The molecular formula is C12H10Cl2N2O2. The molecule has 2 aromatic rings. The highest BCUT2D eigenvalue weighted by Gasteiger charge is 2.06. The van der Waals surface area contributed by atoms with Crippen molar-refractivity contribution in [2.45, 2.75) is 6.61 Å². The number of rotatable bonds is 4. The van der Waals surface area contributed by atoms with Crippen molar-refractivity contribution in [3.63, 3.8) is 0 Å². The minimum Gasteiger partial charge on any atom is -0.493 e. The molecule has 0 saturated heterocycles. The minimum atomic E-state index is 0.167. The molecule has 18 heavy (non-hydrogen) atoms. The van der Waals surface area contributed by atoms with E-state index in [1.54, 1.807) is 19.2 Å². The Morgan fingerprint density at radius 1 is 1.06 bits per heavy atom. The third-order valence-corrected chi connectivity index (χ3v) is 2.52. The van der Waals surface area contributed by atoms with Gasteiger partial charge in [-0.05, 0) is 12.1 Å². The Morgan fingerprint density at radius 3 is 2.28 bits per heavy atom. The SMILES string of the molecule is COc1ccccc1OCc1nc(Cl)cc(Cl)n1. The quantitative estimate of drug-likeness (QED) is 0.808. The molecule has 0 atom stereocenters. The summed E-state index contributed by atoms with van der Waals surface area (Å²) in [6, 6.07) is 8.78. The number of para-hydroxylation sites is 2. The lowest BCUT2D eigenvalue weighted by molar-refractivity contribution is 0.276. The molecular weight excluding hydrogens is 275 g/mol. The molecule has 0 fully saturated rings. The van der Waals surface area contributed by atoms with E-state index in [2.05, 4.69) is 9.97 Å². The number of hydrogen-bond acceptors (Lipinski definition) is 4. The van der Waals surface area contributed by atoms with Gasteiger partial charge < -0.3 is 9.47 Å². The van der Waals surface area contributed by atoms with Crippen LogP contribution in [-0.2, 0) is 6.61 Å². The molecule has 0 spiro atoms. The van der Waals surface area contributed by atoms with Crippen LogP contribution in [0.15, 0.2) is 30.3 Å². The predicted octanol–water partition coefficient (Wildman–Crippen LogP) is 3.37. The standard InChI is InChI=1S/C12H10Cl2N2O2/c1-17-8-4-2-3-5-9(8)18-7-12-15-10(13)6-11(14)16-12/h2-6H,7H2,1H3. The topological polar surface area (TPSA) is 44.2 Å². The van der Waals surface area contributed by atoms with Gasteiger partial charge in [0.05, 0.1) is 7.11 Å². The fourth-order valence-electron chi connectivity index (χ4n) is 1.38. The summed E-state index contributed by atoms with van der Waals surface area (Å²) in [5, 5.41) is 0.572. The number of benzene rings is 1. The molecule has 94 valence electrons. The van der Waals surface area contributed by atoms with Crippen LogP contribution in [0.4, 0.5) is 0 Å². The number of aromatic nitrogens is 2. The van der Waals surface area contributed by atoms with E-state index < -0.39 is 0 Å². The highest BCUT2D eigenvalue weighted by atomic mass is 35.5. The summed E-state index contributed by atoms with van der Waals surface area (Å²) < 4.78 is 10.7. The highest BCUT2D eigenvalue weighted by molar-refractivity contribution is 6.33. The lowest BCUT2D eigenvalue weighted by Crippen LogP contribution is -2.02. The van der Waals surface area contributed by atoms with Crippen molar-refractivity contribution in [2.75, 3.05) is 7.11 Å². The molecule has 1 aromatic carbocycles. The summed E-state index contributed by atoms with van der Waals surface area (Å²) in [5.74, 6) is 1.67. The van der Waals surface area contributed by atoms with E-state index in [9.17, 15) is 0 Å². The summed E-state index contributed by atoms with van der Waals surface area (Å²) in [6.45, 7) is 0.167. The van der Waals surface area contributed by atoms with E-state index in [4.69, 9.17) is 32.7 Å². The van der Waals surface area contributed by atoms with Gasteiger partial charge in [0.15, 0.2) is 17.3 Å². The maximum Gasteiger partial charge on any atom is 0.169 e. The first-order valence-corrected chi connectivity index (χ1v) is 5.89. The molecule has 1 aromatic heterocycles. The second kappa shape index (κ2) is 5.89. The van der Waals surface area contributed by atoms with Gasteiger partial charge in [-0.2, -0.15) is 0 Å². The van der Waals surface area contributed by atoms with Crippen molar-refractivity contribution in [1.29, 1.82) is 0 Å². The summed E-state index contributed by atoms with van der Waals surface area (Å²) in [6.07, 6.45) is 0. The lowest BCUT2D eigenvalue weighted by Gasteiger charge is -2.09. The average molecular weight is 285 g/mol. The summed E-state index contributed by atoms with van der Waals surface area (Å²) in [7, 11) is 1.58. The van der Waals surface area contributed by atoms with Crippen molar-refractivity contribution in [3.8, 4) is 11.5 Å². The Balaban J connectivity index is 2.11. The van der Waals surface area contributed by atoms with Gasteiger partial charge >= 0.3 is 0 Å². The minimum absolute atomic E-state index is 0.167. The Labute approximate surface area is 114 Å². The van der Waals surface area contributed by atoms with Gasteiger partial charge in [0.2, 0.25) is 0 Å². The van der Waals surface area contributed by atoms with E-state index in [1.165, 1.54) is 6.07 Å². The zero-order valence-electron chi connectivity index (χ0n) is 9.56. The fraction of sp³-hybridized carbons (Fsp3) is 0.167. The van der Waals surface area contributed by atoms with Crippen molar-refractivity contribution in [3.05, 3.63) is 46.5 Å². The average Bonchev–Trinajstić information content (AvgIpc) is 2.35. The van der Waals surface area contributed by atoms with Crippen molar-refractivity contribution < 1.29 is 9.47 Å². The Morgan fingerprint density at radius 2 is 1.67 bits per heavy atom. The molecule has 0 bridgehead atoms. The summed E-state index contributed by atoms with van der Waals surface area (Å²) >= 11 is 11.5.